The van der Waals surface area contributed by atoms with Gasteiger partial charge < -0.3 is 35.6 Å². The molecule has 0 aliphatic heterocycles. The van der Waals surface area contributed by atoms with E-state index in [0.717, 1.165) is 12.5 Å². The summed E-state index contributed by atoms with van der Waals surface area (Å²) >= 11 is 1.32. The van der Waals surface area contributed by atoms with Crippen molar-refractivity contribution in [2.75, 3.05) is 26.5 Å². The number of carboxylic acids is 2. The van der Waals surface area contributed by atoms with Crippen molar-refractivity contribution in [1.82, 2.24) is 16.0 Å². The summed E-state index contributed by atoms with van der Waals surface area (Å²) in [7, 11) is 3.03. The van der Waals surface area contributed by atoms with Crippen molar-refractivity contribution < 1.29 is 43.7 Å². The lowest BCUT2D eigenvalue weighted by Gasteiger charge is -2.19. The molecule has 3 amide bonds. The van der Waals surface area contributed by atoms with Gasteiger partial charge in [0, 0.05) is 24.9 Å². The van der Waals surface area contributed by atoms with Gasteiger partial charge in [-0.1, -0.05) is 6.07 Å². The molecule has 0 spiro atoms. The van der Waals surface area contributed by atoms with Gasteiger partial charge in [0.15, 0.2) is 11.5 Å². The summed E-state index contributed by atoms with van der Waals surface area (Å²) in [4.78, 5) is 57.8. The highest BCUT2D eigenvalue weighted by atomic mass is 32.2. The first-order valence-corrected chi connectivity index (χ1v) is 11.3. The van der Waals surface area contributed by atoms with Gasteiger partial charge in [-0.15, -0.1) is 0 Å². The summed E-state index contributed by atoms with van der Waals surface area (Å²) in [6.07, 6.45) is -0.441. The molecular weight excluding hydrogens is 470 g/mol. The van der Waals surface area contributed by atoms with Gasteiger partial charge in [-0.3, -0.25) is 19.2 Å². The fourth-order valence-electron chi connectivity index (χ4n) is 2.78. The number of aliphatic carboxylic acids is 2. The van der Waals surface area contributed by atoms with Crippen molar-refractivity contribution in [3.05, 3.63) is 23.8 Å². The minimum Gasteiger partial charge on any atom is -0.493 e. The number of carbonyl (C=O) groups excluding carboxylic acids is 3. The molecule has 0 aromatic heterocycles. The van der Waals surface area contributed by atoms with Gasteiger partial charge in [0.1, 0.15) is 18.6 Å². The van der Waals surface area contributed by atoms with Gasteiger partial charge in [0.05, 0.1) is 14.2 Å². The van der Waals surface area contributed by atoms with Crippen LogP contribution in [0.3, 0.4) is 0 Å². The summed E-state index contributed by atoms with van der Waals surface area (Å²) < 4.78 is 10.4. The molecule has 12 nitrogen and oxygen atoms in total. The maximum atomic E-state index is 12.4. The summed E-state index contributed by atoms with van der Waals surface area (Å²) in [5, 5.41) is 24.9. The zero-order chi connectivity index (χ0) is 25.7. The minimum atomic E-state index is -1.29. The smallest absolute Gasteiger partial charge is 0.326 e. The third-order valence-electron chi connectivity index (χ3n) is 4.40. The first-order chi connectivity index (χ1) is 16.1. The third kappa shape index (κ3) is 10.4. The average Bonchev–Trinajstić information content (AvgIpc) is 2.78. The lowest BCUT2D eigenvalue weighted by atomic mass is 10.1. The topological polar surface area (TPSA) is 180 Å². The molecular formula is C21H29N3O9S. The van der Waals surface area contributed by atoms with Crippen LogP contribution in [0, 0.1) is 0 Å². The molecule has 0 aliphatic carbocycles. The Bertz CT molecular complexity index is 894. The largest absolute Gasteiger partial charge is 0.493 e. The Morgan fingerprint density at radius 1 is 1.00 bits per heavy atom. The van der Waals surface area contributed by atoms with Gasteiger partial charge in [-0.25, -0.2) is 4.79 Å². The molecule has 13 heteroatoms. The van der Waals surface area contributed by atoms with Crippen molar-refractivity contribution in [3.8, 4) is 11.5 Å². The van der Waals surface area contributed by atoms with E-state index in [1.165, 1.54) is 26.0 Å². The molecule has 1 rings (SSSR count). The van der Waals surface area contributed by atoms with Gasteiger partial charge in [-0.05, 0) is 24.1 Å². The number of hydrogen-bond acceptors (Lipinski definition) is 8. The number of methoxy groups -OCH3 is 2. The molecule has 0 heterocycles. The molecule has 0 fully saturated rings. The number of nitrogens with one attached hydrogen (secondary N) is 3. The van der Waals surface area contributed by atoms with Crippen molar-refractivity contribution in [3.63, 3.8) is 0 Å². The van der Waals surface area contributed by atoms with Gasteiger partial charge in [0.2, 0.25) is 17.7 Å². The first-order valence-electron chi connectivity index (χ1n) is 10.1. The van der Waals surface area contributed by atoms with Crippen LogP contribution in [0.15, 0.2) is 18.2 Å². The zero-order valence-corrected chi connectivity index (χ0v) is 19.9. The van der Waals surface area contributed by atoms with Gasteiger partial charge >= 0.3 is 11.9 Å². The molecule has 0 bridgehead atoms. The summed E-state index contributed by atoms with van der Waals surface area (Å²) in [6, 6.07) is 3.03. The van der Waals surface area contributed by atoms with Gasteiger partial charge in [-0.2, -0.15) is 11.8 Å². The molecule has 0 saturated carbocycles. The average molecular weight is 500 g/mol. The second-order valence-corrected chi connectivity index (χ2v) is 8.10. The molecule has 5 N–H and O–H groups in total. The third-order valence-corrected chi connectivity index (χ3v) is 5.51. The Morgan fingerprint density at radius 3 is 2.24 bits per heavy atom. The Hall–Kier alpha value is -3.48. The van der Waals surface area contributed by atoms with Crippen LogP contribution in [0.2, 0.25) is 0 Å². The fourth-order valence-corrected chi connectivity index (χ4v) is 3.78. The lowest BCUT2D eigenvalue weighted by molar-refractivity contribution is -0.142. The summed E-state index contributed by atoms with van der Waals surface area (Å²) in [6.45, 7) is 0.545. The molecule has 0 aliphatic rings. The maximum Gasteiger partial charge on any atom is 0.326 e. The second kappa shape index (κ2) is 14.6. The Kier molecular flexibility index (Phi) is 12.3. The van der Waals surface area contributed by atoms with E-state index in [4.69, 9.17) is 19.7 Å². The predicted molar refractivity (Wildman–Crippen MR) is 123 cm³/mol. The maximum absolute atomic E-state index is 12.4. The Balaban J connectivity index is 2.76. The SMILES string of the molecule is COc1ccc(CSC[C@H](NC(=O)CC[C@H](NC(C)=O)C(=O)O)C(=O)NCC(=O)O)cc1OC. The molecule has 0 saturated heterocycles. The van der Waals surface area contributed by atoms with E-state index in [0.29, 0.717) is 17.3 Å². The minimum absolute atomic E-state index is 0.125. The highest BCUT2D eigenvalue weighted by Gasteiger charge is 2.24. The predicted octanol–water partition coefficient (Wildman–Crippen LogP) is -0.00790. The standard InChI is InChI=1S/C21H29N3O9S/c1-12(25)23-14(21(30)31)5-7-18(26)24-15(20(29)22-9-19(27)28)11-34-10-13-4-6-16(32-2)17(8-13)33-3/h4,6,8,14-15H,5,7,9-11H2,1-3H3,(H,22,29)(H,23,25)(H,24,26)(H,27,28)(H,30,31)/t14-,15-/m0/s1. The zero-order valence-electron chi connectivity index (χ0n) is 19.1. The number of benzene rings is 1. The van der Waals surface area contributed by atoms with Crippen molar-refractivity contribution in [1.29, 1.82) is 0 Å². The highest BCUT2D eigenvalue weighted by molar-refractivity contribution is 7.98. The highest BCUT2D eigenvalue weighted by Crippen LogP contribution is 2.29. The second-order valence-electron chi connectivity index (χ2n) is 7.07. The molecule has 34 heavy (non-hydrogen) atoms. The molecule has 0 radical (unpaired) electrons. The molecule has 0 unspecified atom stereocenters. The van der Waals surface area contributed by atoms with Crippen LogP contribution in [-0.4, -0.2) is 78.5 Å². The number of rotatable bonds is 15. The number of thioether (sulfide) groups is 1. The van der Waals surface area contributed by atoms with Crippen molar-refractivity contribution in [2.24, 2.45) is 0 Å². The van der Waals surface area contributed by atoms with Crippen LogP contribution in [0.25, 0.3) is 0 Å². The van der Waals surface area contributed by atoms with E-state index >= 15 is 0 Å². The number of carbonyl (C=O) groups is 5. The quantitative estimate of drug-likeness (QED) is 0.220. The Labute approximate surface area is 200 Å². The van der Waals surface area contributed by atoms with Gasteiger partial charge in [0.25, 0.3) is 0 Å². The van der Waals surface area contributed by atoms with Crippen LogP contribution in [-0.2, 0) is 29.7 Å². The number of hydrogen-bond donors (Lipinski definition) is 5. The van der Waals surface area contributed by atoms with E-state index in [9.17, 15) is 24.0 Å². The van der Waals surface area contributed by atoms with E-state index in [-0.39, 0.29) is 18.6 Å². The van der Waals surface area contributed by atoms with E-state index in [1.54, 1.807) is 12.1 Å². The van der Waals surface area contributed by atoms with Crippen molar-refractivity contribution >= 4 is 41.4 Å². The van der Waals surface area contributed by atoms with E-state index < -0.39 is 48.3 Å². The summed E-state index contributed by atoms with van der Waals surface area (Å²) in [5.74, 6) is -2.69. The van der Waals surface area contributed by atoms with E-state index in [2.05, 4.69) is 16.0 Å². The molecule has 188 valence electrons. The molecule has 1 aromatic carbocycles. The van der Waals surface area contributed by atoms with Crippen LogP contribution in [0.5, 0.6) is 11.5 Å². The lowest BCUT2D eigenvalue weighted by Crippen LogP contribution is -2.49. The molecule has 1 aromatic rings. The number of carboxylic acid groups (broad SMARTS) is 2. The van der Waals surface area contributed by atoms with Crippen LogP contribution >= 0.6 is 11.8 Å². The van der Waals surface area contributed by atoms with E-state index in [1.807, 2.05) is 6.07 Å². The molecule has 2 atom stereocenters. The number of ether oxygens (including phenoxy) is 2. The van der Waals surface area contributed by atoms with Crippen LogP contribution in [0.1, 0.15) is 25.3 Å². The van der Waals surface area contributed by atoms with Crippen LogP contribution in [0.4, 0.5) is 0 Å². The fraction of sp³-hybridized carbons (Fsp3) is 0.476. The van der Waals surface area contributed by atoms with Crippen LogP contribution < -0.4 is 25.4 Å². The number of amides is 3. The summed E-state index contributed by atoms with van der Waals surface area (Å²) in [5.41, 5.74) is 0.873. The normalized spacial score (nSPS) is 12.1. The first kappa shape index (κ1) is 28.6. The monoisotopic (exact) mass is 499 g/mol. The van der Waals surface area contributed by atoms with Crippen molar-refractivity contribution in [2.45, 2.75) is 37.6 Å². The Morgan fingerprint density at radius 2 is 1.68 bits per heavy atom.